The largest absolute Gasteiger partial charge is 0.325 e. The summed E-state index contributed by atoms with van der Waals surface area (Å²) in [6.45, 7) is -0.356. The van der Waals surface area contributed by atoms with Crippen molar-refractivity contribution in [2.24, 2.45) is 5.92 Å². The van der Waals surface area contributed by atoms with E-state index in [-0.39, 0.29) is 16.6 Å². The van der Waals surface area contributed by atoms with Crippen LogP contribution in [0.15, 0.2) is 76.6 Å². The van der Waals surface area contributed by atoms with Gasteiger partial charge in [-0.15, -0.1) is 0 Å². The van der Waals surface area contributed by atoms with Gasteiger partial charge in [0.05, 0.1) is 26.7 Å². The molecule has 2 unspecified atom stereocenters. The molecule has 1 N–H and O–H groups in total. The number of fused-ring (bicyclic) bond motifs is 2. The molecule has 13 heteroatoms. The predicted molar refractivity (Wildman–Crippen MR) is 159 cm³/mol. The van der Waals surface area contributed by atoms with Gasteiger partial charge >= 0.3 is 4.87 Å². The molecule has 2 aliphatic heterocycles. The van der Waals surface area contributed by atoms with Crippen LogP contribution in [0.5, 0.6) is 0 Å². The van der Waals surface area contributed by atoms with Crippen molar-refractivity contribution >= 4 is 87.0 Å². The highest BCUT2D eigenvalue weighted by Crippen LogP contribution is 2.55. The van der Waals surface area contributed by atoms with Crippen LogP contribution >= 0.6 is 57.9 Å². The Morgan fingerprint density at radius 2 is 1.63 bits per heavy atom. The van der Waals surface area contributed by atoms with Crippen LogP contribution in [0.2, 0.25) is 15.1 Å². The van der Waals surface area contributed by atoms with Crippen LogP contribution < -0.4 is 15.1 Å². The zero-order valence-electron chi connectivity index (χ0n) is 20.6. The van der Waals surface area contributed by atoms with Gasteiger partial charge in [-0.2, -0.15) is 0 Å². The highest BCUT2D eigenvalue weighted by Gasteiger charge is 2.57. The number of aromatic nitrogens is 1. The monoisotopic (exact) mass is 647 g/mol. The number of thiazole rings is 1. The SMILES string of the molecule is O=C(Cn1c2c(sc1=O)[C@H](c1cccc(Cl)c1Cl)C1C(=O)N(c3ccc(Cl)cc3)C(=O)C1S2)Nc1ccc(F)cc1. The molecule has 0 saturated carbocycles. The summed E-state index contributed by atoms with van der Waals surface area (Å²) in [6.07, 6.45) is 0. The molecule has 0 spiro atoms. The molecule has 0 bridgehead atoms. The quantitative estimate of drug-likeness (QED) is 0.252. The van der Waals surface area contributed by atoms with Gasteiger partial charge in [0.1, 0.15) is 17.6 Å². The lowest BCUT2D eigenvalue weighted by Crippen LogP contribution is -2.33. The second-order valence-corrected chi connectivity index (χ2v) is 12.7. The molecule has 4 aromatic rings. The van der Waals surface area contributed by atoms with Gasteiger partial charge in [-0.3, -0.25) is 23.7 Å². The van der Waals surface area contributed by atoms with Crippen molar-refractivity contribution in [3.8, 4) is 0 Å². The van der Waals surface area contributed by atoms with Crippen LogP contribution in [0.3, 0.4) is 0 Å². The Bertz CT molecular complexity index is 1780. The third-order valence-corrected chi connectivity index (χ3v) is 10.6. The Hall–Kier alpha value is -3.15. The topological polar surface area (TPSA) is 88.5 Å². The zero-order chi connectivity index (χ0) is 29.0. The van der Waals surface area contributed by atoms with Crippen LogP contribution in [-0.2, 0) is 20.9 Å². The third kappa shape index (κ3) is 4.97. The van der Waals surface area contributed by atoms with E-state index in [1.807, 2.05) is 0 Å². The number of benzene rings is 3. The minimum atomic E-state index is -0.897. The highest BCUT2D eigenvalue weighted by atomic mass is 35.5. The summed E-state index contributed by atoms with van der Waals surface area (Å²) >= 11 is 21.0. The van der Waals surface area contributed by atoms with E-state index in [9.17, 15) is 23.6 Å². The number of nitrogens with one attached hydrogen (secondary N) is 1. The zero-order valence-corrected chi connectivity index (χ0v) is 24.5. The van der Waals surface area contributed by atoms with Gasteiger partial charge in [0, 0.05) is 21.5 Å². The predicted octanol–water partition coefficient (Wildman–Crippen LogP) is 6.44. The van der Waals surface area contributed by atoms with Gasteiger partial charge < -0.3 is 5.32 Å². The number of nitrogens with zero attached hydrogens (tertiary/aromatic N) is 2. The number of hydrogen-bond donors (Lipinski definition) is 1. The van der Waals surface area contributed by atoms with Crippen LogP contribution in [0, 0.1) is 11.7 Å². The summed E-state index contributed by atoms with van der Waals surface area (Å²) in [5.41, 5.74) is 1.23. The van der Waals surface area contributed by atoms with Crippen molar-refractivity contribution in [1.82, 2.24) is 4.57 Å². The maximum absolute atomic E-state index is 13.9. The standard InChI is InChI=1S/C28H17Cl3FN3O4S2/c29-13-4-10-16(11-5-13)35-25(37)21-20(17-2-1-3-18(30)22(17)31)24-27(40-23(21)26(35)38)34(28(39)41-24)12-19(36)33-15-8-6-14(32)7-9-15/h1-11,20-21,23H,12H2,(H,33,36)/t20-,21?,23?/m1/s1. The van der Waals surface area contributed by atoms with Gasteiger partial charge in [-0.05, 0) is 60.2 Å². The average Bonchev–Trinajstić information content (AvgIpc) is 3.38. The number of carbonyl (C=O) groups excluding carboxylic acids is 3. The van der Waals surface area contributed by atoms with Crippen molar-refractivity contribution in [2.75, 3.05) is 10.2 Å². The minimum absolute atomic E-state index is 0.211. The number of hydrogen-bond acceptors (Lipinski definition) is 6. The van der Waals surface area contributed by atoms with E-state index >= 15 is 0 Å². The fourth-order valence-corrected chi connectivity index (χ4v) is 8.39. The van der Waals surface area contributed by atoms with Crippen LogP contribution in [0.1, 0.15) is 16.4 Å². The summed E-state index contributed by atoms with van der Waals surface area (Å²) in [7, 11) is 0. The number of halogens is 4. The molecule has 0 aliphatic carbocycles. The van der Waals surface area contributed by atoms with E-state index in [0.717, 1.165) is 28.0 Å². The minimum Gasteiger partial charge on any atom is -0.325 e. The Morgan fingerprint density at radius 3 is 2.34 bits per heavy atom. The maximum Gasteiger partial charge on any atom is 0.308 e. The van der Waals surface area contributed by atoms with E-state index in [0.29, 0.717) is 31.9 Å². The molecule has 7 nitrogen and oxygen atoms in total. The first kappa shape index (κ1) is 28.0. The Labute approximate surface area is 255 Å². The number of imide groups is 1. The van der Waals surface area contributed by atoms with Gasteiger partial charge in [0.2, 0.25) is 17.7 Å². The molecule has 1 saturated heterocycles. The smallest absolute Gasteiger partial charge is 0.308 e. The molecule has 41 heavy (non-hydrogen) atoms. The van der Waals surface area contributed by atoms with Crippen LogP contribution in [-0.4, -0.2) is 27.5 Å². The summed E-state index contributed by atoms with van der Waals surface area (Å²) in [6, 6.07) is 16.6. The normalized spacial score (nSPS) is 19.7. The van der Waals surface area contributed by atoms with Crippen LogP contribution in [0.4, 0.5) is 15.8 Å². The van der Waals surface area contributed by atoms with Gasteiger partial charge in [0.15, 0.2) is 0 Å². The molecule has 3 aromatic carbocycles. The summed E-state index contributed by atoms with van der Waals surface area (Å²) < 4.78 is 14.6. The Kier molecular flexibility index (Phi) is 7.46. The first-order valence-corrected chi connectivity index (χ1v) is 15.0. The lowest BCUT2D eigenvalue weighted by molar-refractivity contribution is -0.122. The number of rotatable bonds is 5. The average molecular weight is 649 g/mol. The van der Waals surface area contributed by atoms with E-state index < -0.39 is 45.5 Å². The second kappa shape index (κ2) is 10.9. The summed E-state index contributed by atoms with van der Waals surface area (Å²) in [5.74, 6) is -3.52. The summed E-state index contributed by atoms with van der Waals surface area (Å²) in [4.78, 5) is 55.1. The maximum atomic E-state index is 13.9. The molecule has 3 heterocycles. The van der Waals surface area contributed by atoms with E-state index in [1.54, 1.807) is 42.5 Å². The first-order valence-electron chi connectivity index (χ1n) is 12.2. The van der Waals surface area contributed by atoms with Crippen molar-refractivity contribution < 1.29 is 18.8 Å². The van der Waals surface area contributed by atoms with Crippen molar-refractivity contribution in [2.45, 2.75) is 22.7 Å². The van der Waals surface area contributed by atoms with Gasteiger partial charge in [0.25, 0.3) is 0 Å². The highest BCUT2D eigenvalue weighted by molar-refractivity contribution is 8.00. The van der Waals surface area contributed by atoms with E-state index in [1.165, 1.54) is 28.8 Å². The number of amides is 3. The van der Waals surface area contributed by atoms with Gasteiger partial charge in [-0.1, -0.05) is 70.0 Å². The van der Waals surface area contributed by atoms with Crippen molar-refractivity contribution in [3.05, 3.63) is 108 Å². The number of anilines is 2. The van der Waals surface area contributed by atoms with E-state index in [4.69, 9.17) is 34.8 Å². The molecule has 208 valence electrons. The lowest BCUT2D eigenvalue weighted by atomic mass is 9.83. The Morgan fingerprint density at radius 1 is 0.927 bits per heavy atom. The van der Waals surface area contributed by atoms with Crippen molar-refractivity contribution in [1.29, 1.82) is 0 Å². The lowest BCUT2D eigenvalue weighted by Gasteiger charge is -2.31. The molecule has 1 aromatic heterocycles. The number of carbonyl (C=O) groups is 3. The number of thioether (sulfide) groups is 1. The van der Waals surface area contributed by atoms with Gasteiger partial charge in [-0.25, -0.2) is 9.29 Å². The second-order valence-electron chi connectivity index (χ2n) is 9.35. The molecule has 3 amide bonds. The Balaban J connectivity index is 1.43. The molecule has 0 radical (unpaired) electrons. The molecule has 6 rings (SSSR count). The molecular formula is C28H17Cl3FN3O4S2. The first-order chi connectivity index (χ1) is 19.6. The molecule has 3 atom stereocenters. The fraction of sp³-hybridized carbons (Fsp3) is 0.143. The molecule has 2 aliphatic rings. The van der Waals surface area contributed by atoms with E-state index in [2.05, 4.69) is 5.32 Å². The third-order valence-electron chi connectivity index (χ3n) is 6.88. The fourth-order valence-electron chi connectivity index (χ4n) is 5.07. The molecular weight excluding hydrogens is 632 g/mol. The summed E-state index contributed by atoms with van der Waals surface area (Å²) in [5, 5.41) is 3.07. The molecule has 1 fully saturated rings. The van der Waals surface area contributed by atoms with Crippen LogP contribution in [0.25, 0.3) is 0 Å². The van der Waals surface area contributed by atoms with Crippen molar-refractivity contribution in [3.63, 3.8) is 0 Å².